The lowest BCUT2D eigenvalue weighted by atomic mass is 10.2. The first-order valence-corrected chi connectivity index (χ1v) is 9.77. The number of benzene rings is 2. The molecule has 0 unspecified atom stereocenters. The van der Waals surface area contributed by atoms with Gasteiger partial charge in [0.2, 0.25) is 10.0 Å². The lowest BCUT2D eigenvalue weighted by molar-refractivity contribution is 0.415. The van der Waals surface area contributed by atoms with Gasteiger partial charge >= 0.3 is 0 Å². The highest BCUT2D eigenvalue weighted by molar-refractivity contribution is 7.95. The zero-order chi connectivity index (χ0) is 17.8. The number of sulfonamides is 2. The second kappa shape index (κ2) is 7.04. The number of rotatable bonds is 6. The number of hydrogen-bond acceptors (Lipinski definition) is 5. The van der Waals surface area contributed by atoms with Gasteiger partial charge in [0.05, 0.1) is 18.2 Å². The van der Waals surface area contributed by atoms with E-state index < -0.39 is 20.0 Å². The highest BCUT2D eigenvalue weighted by atomic mass is 32.2. The Kier molecular flexibility index (Phi) is 5.27. The van der Waals surface area contributed by atoms with E-state index in [0.29, 0.717) is 11.3 Å². The fraction of sp³-hybridized carbons (Fsp3) is 0.0667. The quantitative estimate of drug-likeness (QED) is 0.806. The van der Waals surface area contributed by atoms with E-state index in [9.17, 15) is 16.8 Å². The SMILES string of the molecule is COc1ccc(C=CS(=O)(=O)Nc2ccccc2S(N)(=O)=O)cc1. The van der Waals surface area contributed by atoms with Gasteiger partial charge in [0.25, 0.3) is 10.0 Å². The molecule has 0 spiro atoms. The van der Waals surface area contributed by atoms with E-state index in [1.54, 1.807) is 24.3 Å². The number of ether oxygens (including phenoxy) is 1. The third kappa shape index (κ3) is 4.82. The first-order valence-electron chi connectivity index (χ1n) is 6.68. The molecule has 0 aliphatic rings. The summed E-state index contributed by atoms with van der Waals surface area (Å²) in [6.45, 7) is 0. The molecule has 9 heteroatoms. The van der Waals surface area contributed by atoms with Crippen LogP contribution in [0.5, 0.6) is 5.75 Å². The number of hydrogen-bond donors (Lipinski definition) is 2. The van der Waals surface area contributed by atoms with E-state index in [1.165, 1.54) is 37.5 Å². The van der Waals surface area contributed by atoms with Crippen molar-refractivity contribution in [2.45, 2.75) is 4.90 Å². The maximum absolute atomic E-state index is 12.1. The van der Waals surface area contributed by atoms with Crippen LogP contribution in [0.25, 0.3) is 6.08 Å². The fourth-order valence-electron chi connectivity index (χ4n) is 1.87. The van der Waals surface area contributed by atoms with Gasteiger partial charge in [-0.05, 0) is 35.9 Å². The number of nitrogens with two attached hydrogens (primary N) is 1. The van der Waals surface area contributed by atoms with Crippen LogP contribution in [0.1, 0.15) is 5.56 Å². The minimum atomic E-state index is -4.05. The van der Waals surface area contributed by atoms with Crippen LogP contribution in [0.2, 0.25) is 0 Å². The number of anilines is 1. The minimum absolute atomic E-state index is 0.112. The smallest absolute Gasteiger partial charge is 0.255 e. The largest absolute Gasteiger partial charge is 0.497 e. The van der Waals surface area contributed by atoms with Crippen molar-refractivity contribution >= 4 is 31.8 Å². The highest BCUT2D eigenvalue weighted by Gasteiger charge is 2.16. The first-order chi connectivity index (χ1) is 11.2. The summed E-state index contributed by atoms with van der Waals surface area (Å²) in [5.74, 6) is 0.648. The van der Waals surface area contributed by atoms with Crippen molar-refractivity contribution in [2.75, 3.05) is 11.8 Å². The predicted octanol–water partition coefficient (Wildman–Crippen LogP) is 1.76. The van der Waals surface area contributed by atoms with Crippen molar-refractivity contribution in [2.24, 2.45) is 5.14 Å². The zero-order valence-corrected chi connectivity index (χ0v) is 14.3. The molecule has 0 fully saturated rings. The summed E-state index contributed by atoms with van der Waals surface area (Å²) >= 11 is 0. The van der Waals surface area contributed by atoms with Crippen LogP contribution in [0, 0.1) is 0 Å². The minimum Gasteiger partial charge on any atom is -0.497 e. The van der Waals surface area contributed by atoms with E-state index >= 15 is 0 Å². The Morgan fingerprint density at radius 3 is 2.21 bits per heavy atom. The van der Waals surface area contributed by atoms with Crippen LogP contribution < -0.4 is 14.6 Å². The second-order valence-corrected chi connectivity index (χ2v) is 7.86. The van der Waals surface area contributed by atoms with Gasteiger partial charge in [0.15, 0.2) is 0 Å². The van der Waals surface area contributed by atoms with Gasteiger partial charge in [-0.1, -0.05) is 24.3 Å². The number of methoxy groups -OCH3 is 1. The van der Waals surface area contributed by atoms with Gasteiger partial charge in [-0.3, -0.25) is 4.72 Å². The molecule has 0 bridgehead atoms. The van der Waals surface area contributed by atoms with E-state index in [-0.39, 0.29) is 10.6 Å². The maximum Gasteiger partial charge on any atom is 0.255 e. The molecule has 0 radical (unpaired) electrons. The van der Waals surface area contributed by atoms with Gasteiger partial charge < -0.3 is 4.74 Å². The van der Waals surface area contributed by atoms with Crippen molar-refractivity contribution < 1.29 is 21.6 Å². The average molecular weight is 368 g/mol. The Morgan fingerprint density at radius 2 is 1.62 bits per heavy atom. The van der Waals surface area contributed by atoms with Crippen LogP contribution in [0.15, 0.2) is 58.8 Å². The van der Waals surface area contributed by atoms with Gasteiger partial charge in [0, 0.05) is 0 Å². The molecule has 0 amide bonds. The number of primary sulfonamides is 1. The summed E-state index contributed by atoms with van der Waals surface area (Å²) in [5, 5.41) is 6.02. The predicted molar refractivity (Wildman–Crippen MR) is 92.4 cm³/mol. The third-order valence-electron chi connectivity index (χ3n) is 3.00. The van der Waals surface area contributed by atoms with Crippen molar-refractivity contribution in [1.29, 1.82) is 0 Å². The molecule has 0 heterocycles. The van der Waals surface area contributed by atoms with E-state index in [4.69, 9.17) is 9.88 Å². The van der Waals surface area contributed by atoms with Crippen molar-refractivity contribution in [3.63, 3.8) is 0 Å². The Morgan fingerprint density at radius 1 is 1.00 bits per heavy atom. The summed E-state index contributed by atoms with van der Waals surface area (Å²) in [4.78, 5) is -0.300. The molecule has 0 aliphatic carbocycles. The van der Waals surface area contributed by atoms with Crippen LogP contribution in [-0.4, -0.2) is 23.9 Å². The second-order valence-electron chi connectivity index (χ2n) is 4.76. The lowest BCUT2D eigenvalue weighted by Crippen LogP contribution is -2.17. The van der Waals surface area contributed by atoms with E-state index in [2.05, 4.69) is 4.72 Å². The molecule has 0 atom stereocenters. The molecule has 2 rings (SSSR count). The standard InChI is InChI=1S/C15H16N2O5S2/c1-22-13-8-6-12(7-9-13)10-11-23(18,19)17-14-4-2-3-5-15(14)24(16,20)21/h2-11,17H,1H3,(H2,16,20,21). The summed E-state index contributed by atoms with van der Waals surface area (Å²) < 4.78 is 54.4. The Hall–Kier alpha value is -2.36. The monoisotopic (exact) mass is 368 g/mol. The van der Waals surface area contributed by atoms with Crippen molar-refractivity contribution in [3.05, 3.63) is 59.5 Å². The molecule has 0 aliphatic heterocycles. The molecule has 2 aromatic rings. The number of para-hydroxylation sites is 1. The summed E-state index contributed by atoms with van der Waals surface area (Å²) in [6, 6.07) is 12.2. The molecule has 3 N–H and O–H groups in total. The molecule has 7 nitrogen and oxygen atoms in total. The number of nitrogens with one attached hydrogen (secondary N) is 1. The van der Waals surface area contributed by atoms with E-state index in [1.807, 2.05) is 0 Å². The van der Waals surface area contributed by atoms with Gasteiger partial charge in [0.1, 0.15) is 10.6 Å². The Bertz CT molecular complexity index is 950. The molecular weight excluding hydrogens is 352 g/mol. The lowest BCUT2D eigenvalue weighted by Gasteiger charge is -2.08. The average Bonchev–Trinajstić information content (AvgIpc) is 2.52. The van der Waals surface area contributed by atoms with Gasteiger partial charge in [-0.25, -0.2) is 22.0 Å². The van der Waals surface area contributed by atoms with Crippen LogP contribution in [0.4, 0.5) is 5.69 Å². The molecule has 2 aromatic carbocycles. The van der Waals surface area contributed by atoms with Crippen LogP contribution >= 0.6 is 0 Å². The molecule has 0 saturated heterocycles. The zero-order valence-electron chi connectivity index (χ0n) is 12.7. The third-order valence-corrected chi connectivity index (χ3v) is 4.97. The topological polar surface area (TPSA) is 116 Å². The first kappa shape index (κ1) is 18.0. The van der Waals surface area contributed by atoms with Crippen molar-refractivity contribution in [1.82, 2.24) is 0 Å². The molecule has 0 saturated carbocycles. The van der Waals surface area contributed by atoms with Gasteiger partial charge in [-0.15, -0.1) is 0 Å². The summed E-state index contributed by atoms with van der Waals surface area (Å²) in [6.07, 6.45) is 1.38. The van der Waals surface area contributed by atoms with Crippen LogP contribution in [0.3, 0.4) is 0 Å². The Balaban J connectivity index is 2.24. The van der Waals surface area contributed by atoms with Crippen molar-refractivity contribution in [3.8, 4) is 5.75 Å². The molecular formula is C15H16N2O5S2. The van der Waals surface area contributed by atoms with E-state index in [0.717, 1.165) is 5.41 Å². The molecule has 128 valence electrons. The normalized spacial score (nSPS) is 12.2. The summed E-state index contributed by atoms with van der Waals surface area (Å²) in [7, 11) is -6.43. The van der Waals surface area contributed by atoms with Gasteiger partial charge in [-0.2, -0.15) is 0 Å². The summed E-state index contributed by atoms with van der Waals surface area (Å²) in [5.41, 5.74) is 0.528. The molecule has 0 aromatic heterocycles. The molecule has 24 heavy (non-hydrogen) atoms. The maximum atomic E-state index is 12.1. The highest BCUT2D eigenvalue weighted by Crippen LogP contribution is 2.21. The Labute approximate surface area is 140 Å². The fourth-order valence-corrected chi connectivity index (χ4v) is 3.52. The van der Waals surface area contributed by atoms with Crippen LogP contribution in [-0.2, 0) is 20.0 Å².